The number of fused-ring (bicyclic) bond motifs is 1. The van der Waals surface area contributed by atoms with Crippen molar-refractivity contribution in [3.8, 4) is 11.5 Å². The van der Waals surface area contributed by atoms with Crippen LogP contribution in [0.1, 0.15) is 41.8 Å². The van der Waals surface area contributed by atoms with Crippen molar-refractivity contribution in [2.75, 3.05) is 13.7 Å². The molecule has 7 heteroatoms. The van der Waals surface area contributed by atoms with Crippen molar-refractivity contribution in [2.45, 2.75) is 39.7 Å². The second-order valence-electron chi connectivity index (χ2n) is 7.31. The predicted molar refractivity (Wildman–Crippen MR) is 120 cm³/mol. The molecular weight excluding hydrogens is 412 g/mol. The van der Waals surface area contributed by atoms with Gasteiger partial charge in [-0.1, -0.05) is 0 Å². The van der Waals surface area contributed by atoms with E-state index in [0.717, 1.165) is 10.9 Å². The predicted octanol–water partition coefficient (Wildman–Crippen LogP) is 4.26. The molecule has 0 aliphatic rings. The van der Waals surface area contributed by atoms with Crippen LogP contribution >= 0.6 is 0 Å². The Morgan fingerprint density at radius 2 is 1.75 bits per heavy atom. The molecule has 2 aromatic carbocycles. The standard InChI is InChI=1S/C25H26O7/c1-5-30-18-8-6-17(7-9-18)24(27)16(3)31-23(26)13-12-21-15(2)20-11-10-19(29-4)14-22(20)32-25(21)28/h6-11,14,16H,5,12-13H2,1-4H3/t16-/m0/s1. The number of hydrogen-bond acceptors (Lipinski definition) is 7. The topological polar surface area (TPSA) is 92.0 Å². The lowest BCUT2D eigenvalue weighted by molar-refractivity contribution is -0.146. The summed E-state index contributed by atoms with van der Waals surface area (Å²) in [5, 5.41) is 0.771. The zero-order valence-corrected chi connectivity index (χ0v) is 18.6. The third-order valence-electron chi connectivity index (χ3n) is 5.20. The molecule has 1 atom stereocenters. The van der Waals surface area contributed by atoms with E-state index >= 15 is 0 Å². The molecule has 32 heavy (non-hydrogen) atoms. The van der Waals surface area contributed by atoms with Crippen LogP contribution in [0, 0.1) is 6.92 Å². The average Bonchev–Trinajstić information content (AvgIpc) is 2.78. The number of carbonyl (C=O) groups excluding carboxylic acids is 2. The molecule has 7 nitrogen and oxygen atoms in total. The first-order chi connectivity index (χ1) is 15.3. The van der Waals surface area contributed by atoms with Gasteiger partial charge in [-0.05, 0) is 69.2 Å². The van der Waals surface area contributed by atoms with Gasteiger partial charge in [0, 0.05) is 29.0 Å². The zero-order valence-electron chi connectivity index (χ0n) is 18.6. The van der Waals surface area contributed by atoms with Crippen LogP contribution in [0.5, 0.6) is 11.5 Å². The summed E-state index contributed by atoms with van der Waals surface area (Å²) in [5.74, 6) is 0.376. The molecule has 1 heterocycles. The Kier molecular flexibility index (Phi) is 7.30. The Bertz CT molecular complexity index is 1180. The summed E-state index contributed by atoms with van der Waals surface area (Å²) in [7, 11) is 1.54. The molecule has 0 N–H and O–H groups in total. The van der Waals surface area contributed by atoms with Gasteiger partial charge in [-0.2, -0.15) is 0 Å². The first-order valence-corrected chi connectivity index (χ1v) is 10.4. The molecule has 0 radical (unpaired) electrons. The van der Waals surface area contributed by atoms with E-state index in [4.69, 9.17) is 18.6 Å². The van der Waals surface area contributed by atoms with Gasteiger partial charge in [0.05, 0.1) is 13.7 Å². The van der Waals surface area contributed by atoms with Gasteiger partial charge in [0.1, 0.15) is 17.1 Å². The van der Waals surface area contributed by atoms with E-state index in [1.165, 1.54) is 14.0 Å². The molecule has 168 valence electrons. The highest BCUT2D eigenvalue weighted by Crippen LogP contribution is 2.24. The summed E-state index contributed by atoms with van der Waals surface area (Å²) in [6.45, 7) is 5.75. The Hall–Kier alpha value is -3.61. The smallest absolute Gasteiger partial charge is 0.339 e. The molecule has 0 aliphatic heterocycles. The van der Waals surface area contributed by atoms with Crippen LogP contribution in [-0.4, -0.2) is 31.6 Å². The quantitative estimate of drug-likeness (QED) is 0.280. The van der Waals surface area contributed by atoms with Gasteiger partial charge in [-0.3, -0.25) is 9.59 Å². The Labute approximate surface area is 185 Å². The Morgan fingerprint density at radius 3 is 2.41 bits per heavy atom. The molecule has 1 aromatic heterocycles. The van der Waals surface area contributed by atoms with Crippen LogP contribution < -0.4 is 15.1 Å². The molecule has 3 rings (SSSR count). The Morgan fingerprint density at radius 1 is 1.06 bits per heavy atom. The minimum absolute atomic E-state index is 0.0475. The van der Waals surface area contributed by atoms with Gasteiger partial charge >= 0.3 is 11.6 Å². The number of ether oxygens (including phenoxy) is 3. The van der Waals surface area contributed by atoms with Gasteiger partial charge in [0.2, 0.25) is 5.78 Å². The third-order valence-corrected chi connectivity index (χ3v) is 5.20. The number of hydrogen-bond donors (Lipinski definition) is 0. The maximum Gasteiger partial charge on any atom is 0.339 e. The lowest BCUT2D eigenvalue weighted by atomic mass is 10.0. The van der Waals surface area contributed by atoms with Crippen molar-refractivity contribution in [3.05, 3.63) is 69.6 Å². The summed E-state index contributed by atoms with van der Waals surface area (Å²) < 4.78 is 21.2. The maximum atomic E-state index is 12.5. The van der Waals surface area contributed by atoms with E-state index in [-0.39, 0.29) is 18.6 Å². The number of esters is 1. The van der Waals surface area contributed by atoms with E-state index < -0.39 is 17.7 Å². The maximum absolute atomic E-state index is 12.5. The number of Topliss-reactive ketones (excluding diaryl/α,β-unsaturated/α-hetero) is 1. The first kappa shape index (κ1) is 23.1. The fourth-order valence-electron chi connectivity index (χ4n) is 3.44. The van der Waals surface area contributed by atoms with E-state index in [9.17, 15) is 14.4 Å². The van der Waals surface area contributed by atoms with Crippen LogP contribution in [0.25, 0.3) is 11.0 Å². The molecule has 0 saturated carbocycles. The first-order valence-electron chi connectivity index (χ1n) is 10.4. The molecule has 0 fully saturated rings. The van der Waals surface area contributed by atoms with E-state index in [2.05, 4.69) is 0 Å². The van der Waals surface area contributed by atoms with Crippen LogP contribution in [0.4, 0.5) is 0 Å². The number of aryl methyl sites for hydroxylation is 1. The molecule has 0 unspecified atom stereocenters. The normalized spacial score (nSPS) is 11.8. The molecular formula is C25H26O7. The van der Waals surface area contributed by atoms with Crippen molar-refractivity contribution >= 4 is 22.7 Å². The lowest BCUT2D eigenvalue weighted by Crippen LogP contribution is -2.25. The largest absolute Gasteiger partial charge is 0.497 e. The van der Waals surface area contributed by atoms with Gasteiger partial charge in [-0.15, -0.1) is 0 Å². The minimum atomic E-state index is -0.943. The van der Waals surface area contributed by atoms with Crippen molar-refractivity contribution in [2.24, 2.45) is 0 Å². The van der Waals surface area contributed by atoms with Crippen LogP contribution in [-0.2, 0) is 16.0 Å². The van der Waals surface area contributed by atoms with Crippen LogP contribution in [0.2, 0.25) is 0 Å². The van der Waals surface area contributed by atoms with E-state index in [1.54, 1.807) is 36.4 Å². The number of benzene rings is 2. The third kappa shape index (κ3) is 5.17. The van der Waals surface area contributed by atoms with Crippen LogP contribution in [0.3, 0.4) is 0 Å². The number of methoxy groups -OCH3 is 1. The fraction of sp³-hybridized carbons (Fsp3) is 0.320. The Balaban J connectivity index is 1.64. The lowest BCUT2D eigenvalue weighted by Gasteiger charge is -2.13. The van der Waals surface area contributed by atoms with Gasteiger partial charge < -0.3 is 18.6 Å². The number of carbonyl (C=O) groups is 2. The monoisotopic (exact) mass is 438 g/mol. The van der Waals surface area contributed by atoms with Crippen molar-refractivity contribution in [1.82, 2.24) is 0 Å². The molecule has 0 bridgehead atoms. The summed E-state index contributed by atoms with van der Waals surface area (Å²) >= 11 is 0. The number of rotatable bonds is 9. The van der Waals surface area contributed by atoms with Crippen LogP contribution in [0.15, 0.2) is 51.7 Å². The molecule has 3 aromatic rings. The average molecular weight is 438 g/mol. The highest BCUT2D eigenvalue weighted by molar-refractivity contribution is 6.00. The summed E-state index contributed by atoms with van der Waals surface area (Å²) in [5.41, 5.74) is 1.49. The summed E-state index contributed by atoms with van der Waals surface area (Å²) in [6.07, 6.45) is -0.838. The summed E-state index contributed by atoms with van der Waals surface area (Å²) in [6, 6.07) is 11.9. The second kappa shape index (κ2) is 10.1. The SMILES string of the molecule is CCOc1ccc(C(=O)[C@H](C)OC(=O)CCc2c(C)c3ccc(OC)cc3oc2=O)cc1. The fourth-order valence-corrected chi connectivity index (χ4v) is 3.44. The zero-order chi connectivity index (χ0) is 23.3. The molecule has 0 amide bonds. The van der Waals surface area contributed by atoms with E-state index in [1.807, 2.05) is 19.9 Å². The van der Waals surface area contributed by atoms with Gasteiger partial charge in [0.15, 0.2) is 6.10 Å². The van der Waals surface area contributed by atoms with Crippen molar-refractivity contribution in [1.29, 1.82) is 0 Å². The number of ketones is 1. The van der Waals surface area contributed by atoms with Gasteiger partial charge in [-0.25, -0.2) is 4.79 Å². The van der Waals surface area contributed by atoms with Crippen molar-refractivity contribution in [3.63, 3.8) is 0 Å². The highest BCUT2D eigenvalue weighted by Gasteiger charge is 2.21. The van der Waals surface area contributed by atoms with Crippen molar-refractivity contribution < 1.29 is 28.2 Å². The van der Waals surface area contributed by atoms with Gasteiger partial charge in [0.25, 0.3) is 0 Å². The van der Waals surface area contributed by atoms with E-state index in [0.29, 0.717) is 34.8 Å². The molecule has 0 aliphatic carbocycles. The second-order valence-corrected chi connectivity index (χ2v) is 7.31. The molecule has 0 saturated heterocycles. The summed E-state index contributed by atoms with van der Waals surface area (Å²) in [4.78, 5) is 37.3. The minimum Gasteiger partial charge on any atom is -0.497 e. The highest BCUT2D eigenvalue weighted by atomic mass is 16.5. The molecule has 0 spiro atoms.